The van der Waals surface area contributed by atoms with Crippen LogP contribution in [0.1, 0.15) is 6.92 Å². The zero-order valence-corrected chi connectivity index (χ0v) is 4.59. The van der Waals surface area contributed by atoms with Crippen molar-refractivity contribution in [1.29, 1.82) is 0 Å². The summed E-state index contributed by atoms with van der Waals surface area (Å²) < 4.78 is 0. The quantitative estimate of drug-likeness (QED) is 0.464. The topological polar surface area (TPSA) is 69.6 Å². The lowest BCUT2D eigenvalue weighted by atomic mass is 10.4. The van der Waals surface area contributed by atoms with E-state index in [9.17, 15) is 4.79 Å². The average Bonchev–Trinajstić information content (AvgIpc) is 1.61. The van der Waals surface area contributed by atoms with E-state index >= 15 is 0 Å². The van der Waals surface area contributed by atoms with Gasteiger partial charge in [-0.3, -0.25) is 0 Å². The van der Waals surface area contributed by atoms with Gasteiger partial charge in [0.1, 0.15) is 0 Å². The van der Waals surface area contributed by atoms with Crippen LogP contribution in [-0.2, 0) is 0 Å². The van der Waals surface area contributed by atoms with E-state index in [0.29, 0.717) is 0 Å². The van der Waals surface area contributed by atoms with Crippen LogP contribution in [0.25, 0.3) is 0 Å². The minimum absolute atomic E-state index is 0.0926. The third-order valence-corrected chi connectivity index (χ3v) is 0.549. The van der Waals surface area contributed by atoms with Gasteiger partial charge < -0.3 is 15.5 Å². The molecule has 0 aliphatic rings. The fourth-order valence-corrected chi connectivity index (χ4v) is 0.235. The molecule has 3 N–H and O–H groups in total. The van der Waals surface area contributed by atoms with Crippen LogP contribution in [0.2, 0.25) is 0 Å². The molecule has 0 rings (SSSR count). The number of hydrogen-bond donors (Lipinski definition) is 3. The van der Waals surface area contributed by atoms with E-state index in [1.165, 1.54) is 6.92 Å². The Morgan fingerprint density at radius 1 is 1.88 bits per heavy atom. The summed E-state index contributed by atoms with van der Waals surface area (Å²) in [5.74, 6) is 0. The Morgan fingerprint density at radius 2 is 2.38 bits per heavy atom. The van der Waals surface area contributed by atoms with Crippen LogP contribution in [-0.4, -0.2) is 29.0 Å². The van der Waals surface area contributed by atoms with Crippen molar-refractivity contribution >= 4 is 6.09 Å². The maximum Gasteiger partial charge on any atom is 0.404 e. The van der Waals surface area contributed by atoms with Crippen molar-refractivity contribution in [3.8, 4) is 0 Å². The molecule has 1 atom stereocenters. The monoisotopic (exact) mass is 119 g/mol. The van der Waals surface area contributed by atoms with Crippen LogP contribution < -0.4 is 5.32 Å². The van der Waals surface area contributed by atoms with Crippen LogP contribution in [0.3, 0.4) is 0 Å². The van der Waals surface area contributed by atoms with Crippen LogP contribution in [0.15, 0.2) is 0 Å². The number of aliphatic hydroxyl groups excluding tert-OH is 1. The van der Waals surface area contributed by atoms with Crippen LogP contribution >= 0.6 is 0 Å². The number of hydrogen-bond acceptors (Lipinski definition) is 2. The molecular weight excluding hydrogens is 110 g/mol. The summed E-state index contributed by atoms with van der Waals surface area (Å²) in [5, 5.41) is 18.4. The van der Waals surface area contributed by atoms with Crippen molar-refractivity contribution in [1.82, 2.24) is 5.32 Å². The first-order valence-electron chi connectivity index (χ1n) is 2.28. The Bertz CT molecular complexity index is 81.4. The van der Waals surface area contributed by atoms with Crippen LogP contribution in [0, 0.1) is 0 Å². The highest BCUT2D eigenvalue weighted by molar-refractivity contribution is 5.64. The third-order valence-electron chi connectivity index (χ3n) is 0.549. The molecule has 48 valence electrons. The minimum Gasteiger partial charge on any atom is -0.465 e. The molecule has 0 fully saturated rings. The molecule has 4 nitrogen and oxygen atoms in total. The van der Waals surface area contributed by atoms with Gasteiger partial charge in [-0.05, 0) is 6.92 Å². The summed E-state index contributed by atoms with van der Waals surface area (Å²) in [4.78, 5) is 9.68. The van der Waals surface area contributed by atoms with Crippen molar-refractivity contribution in [2.75, 3.05) is 6.54 Å². The Morgan fingerprint density at radius 3 is 2.50 bits per heavy atom. The number of carbonyl (C=O) groups is 1. The Kier molecular flexibility index (Phi) is 2.95. The van der Waals surface area contributed by atoms with E-state index in [1.54, 1.807) is 0 Å². The molecule has 0 bridgehead atoms. The Labute approximate surface area is 47.1 Å². The molecule has 0 heterocycles. The number of amides is 1. The smallest absolute Gasteiger partial charge is 0.404 e. The predicted molar refractivity (Wildman–Crippen MR) is 27.7 cm³/mol. The average molecular weight is 119 g/mol. The van der Waals surface area contributed by atoms with Gasteiger partial charge in [-0.15, -0.1) is 0 Å². The molecule has 0 aromatic heterocycles. The molecule has 0 aromatic carbocycles. The Balaban J connectivity index is 3.05. The number of rotatable bonds is 2. The van der Waals surface area contributed by atoms with Gasteiger partial charge in [0.2, 0.25) is 0 Å². The number of aliphatic hydroxyl groups is 1. The molecular formula is C4H9NO3. The second kappa shape index (κ2) is 3.26. The van der Waals surface area contributed by atoms with Gasteiger partial charge in [0, 0.05) is 6.54 Å². The van der Waals surface area contributed by atoms with Gasteiger partial charge in [-0.2, -0.15) is 0 Å². The summed E-state index contributed by atoms with van der Waals surface area (Å²) in [6, 6.07) is 0. The van der Waals surface area contributed by atoms with E-state index in [2.05, 4.69) is 0 Å². The molecule has 8 heavy (non-hydrogen) atoms. The van der Waals surface area contributed by atoms with Crippen molar-refractivity contribution < 1.29 is 15.0 Å². The van der Waals surface area contributed by atoms with E-state index < -0.39 is 12.2 Å². The highest BCUT2D eigenvalue weighted by Crippen LogP contribution is 1.72. The number of carboxylic acid groups (broad SMARTS) is 1. The van der Waals surface area contributed by atoms with Gasteiger partial charge in [-0.1, -0.05) is 0 Å². The maximum atomic E-state index is 9.68. The Hall–Kier alpha value is -0.770. The van der Waals surface area contributed by atoms with Gasteiger partial charge in [0.15, 0.2) is 0 Å². The zero-order chi connectivity index (χ0) is 6.57. The largest absolute Gasteiger partial charge is 0.465 e. The summed E-state index contributed by atoms with van der Waals surface area (Å²) in [6.45, 7) is 1.60. The van der Waals surface area contributed by atoms with Gasteiger partial charge in [0.25, 0.3) is 0 Å². The van der Waals surface area contributed by atoms with E-state index in [0.717, 1.165) is 0 Å². The summed E-state index contributed by atoms with van der Waals surface area (Å²) >= 11 is 0. The molecule has 0 saturated heterocycles. The number of nitrogens with one attached hydrogen (secondary N) is 1. The van der Waals surface area contributed by atoms with Gasteiger partial charge >= 0.3 is 6.09 Å². The zero-order valence-electron chi connectivity index (χ0n) is 4.59. The van der Waals surface area contributed by atoms with Gasteiger partial charge in [-0.25, -0.2) is 4.79 Å². The molecule has 0 aliphatic carbocycles. The van der Waals surface area contributed by atoms with Crippen molar-refractivity contribution in [3.63, 3.8) is 0 Å². The molecule has 1 unspecified atom stereocenters. The summed E-state index contributed by atoms with van der Waals surface area (Å²) in [5.41, 5.74) is 0. The fourth-order valence-electron chi connectivity index (χ4n) is 0.235. The molecule has 1 amide bonds. The van der Waals surface area contributed by atoms with Crippen LogP contribution in [0.4, 0.5) is 4.79 Å². The molecule has 0 radical (unpaired) electrons. The molecule has 0 spiro atoms. The van der Waals surface area contributed by atoms with Gasteiger partial charge in [0.05, 0.1) is 6.10 Å². The first-order chi connectivity index (χ1) is 3.63. The summed E-state index contributed by atoms with van der Waals surface area (Å²) in [7, 11) is 0. The van der Waals surface area contributed by atoms with Crippen molar-refractivity contribution in [2.24, 2.45) is 0 Å². The second-order valence-corrected chi connectivity index (χ2v) is 1.54. The second-order valence-electron chi connectivity index (χ2n) is 1.54. The highest BCUT2D eigenvalue weighted by atomic mass is 16.4. The van der Waals surface area contributed by atoms with E-state index in [4.69, 9.17) is 10.2 Å². The lowest BCUT2D eigenvalue weighted by Gasteiger charge is -2.00. The van der Waals surface area contributed by atoms with Crippen molar-refractivity contribution in [3.05, 3.63) is 0 Å². The first-order valence-corrected chi connectivity index (χ1v) is 2.28. The van der Waals surface area contributed by atoms with E-state index in [-0.39, 0.29) is 6.54 Å². The minimum atomic E-state index is -1.11. The molecule has 0 saturated carbocycles. The lowest BCUT2D eigenvalue weighted by Crippen LogP contribution is -2.28. The maximum absolute atomic E-state index is 9.68. The van der Waals surface area contributed by atoms with E-state index in [1.807, 2.05) is 5.32 Å². The summed E-state index contributed by atoms with van der Waals surface area (Å²) in [6.07, 6.45) is -1.71. The molecule has 4 heteroatoms. The lowest BCUT2D eigenvalue weighted by molar-refractivity contribution is 0.168. The molecule has 0 aromatic rings. The molecule has 0 aliphatic heterocycles. The van der Waals surface area contributed by atoms with Crippen LogP contribution in [0.5, 0.6) is 0 Å². The highest BCUT2D eigenvalue weighted by Gasteiger charge is 1.96. The SMILES string of the molecule is CC(O)CNC(=O)O. The normalized spacial score (nSPS) is 12.8. The van der Waals surface area contributed by atoms with Crippen molar-refractivity contribution in [2.45, 2.75) is 13.0 Å². The fraction of sp³-hybridized carbons (Fsp3) is 0.750. The standard InChI is InChI=1S/C4H9NO3/c1-3(6)2-5-4(7)8/h3,5-6H,2H2,1H3,(H,7,8). The first kappa shape index (κ1) is 7.23. The predicted octanol–water partition coefficient (Wildman–Crippen LogP) is -0.365. The third kappa shape index (κ3) is 5.23.